The summed E-state index contributed by atoms with van der Waals surface area (Å²) in [5.74, 6) is -1.96. The first-order valence-electron chi connectivity index (χ1n) is 6.47. The first-order chi connectivity index (χ1) is 9.77. The highest BCUT2D eigenvalue weighted by Gasteiger charge is 2.41. The summed E-state index contributed by atoms with van der Waals surface area (Å²) in [6, 6.07) is 2.08. The van der Waals surface area contributed by atoms with E-state index >= 15 is 0 Å². The van der Waals surface area contributed by atoms with Crippen LogP contribution in [0.1, 0.15) is 17.9 Å². The SMILES string of the molecule is CS(=O)(=O)c1cc(F)cc2c1N[C@H]1[C@@H](CC(=O)O)C=C[C@@H]21. The van der Waals surface area contributed by atoms with Crippen LogP contribution in [0.3, 0.4) is 0 Å². The van der Waals surface area contributed by atoms with Gasteiger partial charge in [-0.1, -0.05) is 12.2 Å². The van der Waals surface area contributed by atoms with E-state index in [1.165, 1.54) is 6.07 Å². The van der Waals surface area contributed by atoms with Gasteiger partial charge in [-0.05, 0) is 17.7 Å². The number of halogens is 1. The van der Waals surface area contributed by atoms with E-state index in [4.69, 9.17) is 5.11 Å². The van der Waals surface area contributed by atoms with Crippen LogP contribution in [0.25, 0.3) is 0 Å². The number of fused-ring (bicyclic) bond motifs is 3. The molecule has 0 unspecified atom stereocenters. The van der Waals surface area contributed by atoms with Crippen molar-refractivity contribution < 1.29 is 22.7 Å². The Morgan fingerprint density at radius 2 is 2.10 bits per heavy atom. The first-order valence-corrected chi connectivity index (χ1v) is 8.36. The molecule has 0 bridgehead atoms. The van der Waals surface area contributed by atoms with Crippen molar-refractivity contribution in [2.24, 2.45) is 5.92 Å². The Kier molecular flexibility index (Phi) is 3.05. The van der Waals surface area contributed by atoms with Gasteiger partial charge in [-0.2, -0.15) is 0 Å². The molecule has 0 saturated carbocycles. The summed E-state index contributed by atoms with van der Waals surface area (Å²) in [6.07, 6.45) is 4.60. The number of benzene rings is 1. The molecule has 0 radical (unpaired) electrons. The number of carbonyl (C=O) groups is 1. The molecule has 3 atom stereocenters. The normalized spacial score (nSPS) is 26.3. The highest BCUT2D eigenvalue weighted by Crippen LogP contribution is 2.47. The van der Waals surface area contributed by atoms with Gasteiger partial charge < -0.3 is 10.4 Å². The van der Waals surface area contributed by atoms with Gasteiger partial charge in [0.05, 0.1) is 17.0 Å². The molecule has 3 rings (SSSR count). The van der Waals surface area contributed by atoms with E-state index in [1.807, 2.05) is 6.08 Å². The highest BCUT2D eigenvalue weighted by molar-refractivity contribution is 7.90. The second kappa shape index (κ2) is 4.56. The summed E-state index contributed by atoms with van der Waals surface area (Å²) in [5, 5.41) is 12.0. The Hall–Kier alpha value is -1.89. The summed E-state index contributed by atoms with van der Waals surface area (Å²) in [5.41, 5.74) is 0.971. The van der Waals surface area contributed by atoms with E-state index in [2.05, 4.69) is 5.32 Å². The van der Waals surface area contributed by atoms with Crippen molar-refractivity contribution in [1.82, 2.24) is 0 Å². The van der Waals surface area contributed by atoms with Crippen LogP contribution in [0.15, 0.2) is 29.2 Å². The van der Waals surface area contributed by atoms with Crippen LogP contribution in [0.4, 0.5) is 10.1 Å². The fourth-order valence-electron chi connectivity index (χ4n) is 3.14. The lowest BCUT2D eigenvalue weighted by Crippen LogP contribution is -2.26. The van der Waals surface area contributed by atoms with Crippen LogP contribution in [0.2, 0.25) is 0 Å². The van der Waals surface area contributed by atoms with Crippen molar-refractivity contribution in [3.8, 4) is 0 Å². The molecule has 1 aromatic rings. The second-order valence-corrected chi connectivity index (χ2v) is 7.47. The maximum atomic E-state index is 13.7. The average molecular weight is 311 g/mol. The van der Waals surface area contributed by atoms with E-state index in [0.717, 1.165) is 12.3 Å². The zero-order valence-corrected chi connectivity index (χ0v) is 12.0. The maximum absolute atomic E-state index is 13.7. The monoisotopic (exact) mass is 311 g/mol. The predicted octanol–water partition coefficient (Wildman–Crippen LogP) is 1.77. The Morgan fingerprint density at radius 1 is 1.38 bits per heavy atom. The van der Waals surface area contributed by atoms with Crippen molar-refractivity contribution >= 4 is 21.5 Å². The number of rotatable bonds is 3. The van der Waals surface area contributed by atoms with E-state index in [-0.39, 0.29) is 29.2 Å². The van der Waals surface area contributed by atoms with Gasteiger partial charge in [-0.3, -0.25) is 4.79 Å². The van der Waals surface area contributed by atoms with Gasteiger partial charge in [0.15, 0.2) is 9.84 Å². The summed E-state index contributed by atoms with van der Waals surface area (Å²) >= 11 is 0. The summed E-state index contributed by atoms with van der Waals surface area (Å²) in [7, 11) is -3.57. The number of nitrogens with one attached hydrogen (secondary N) is 1. The molecule has 0 fully saturated rings. The molecule has 1 aliphatic heterocycles. The fraction of sp³-hybridized carbons (Fsp3) is 0.357. The van der Waals surface area contributed by atoms with Gasteiger partial charge in [0.2, 0.25) is 0 Å². The molecular weight excluding hydrogens is 297 g/mol. The molecule has 7 heteroatoms. The van der Waals surface area contributed by atoms with Crippen molar-refractivity contribution in [1.29, 1.82) is 0 Å². The Balaban J connectivity index is 2.06. The molecule has 21 heavy (non-hydrogen) atoms. The van der Waals surface area contributed by atoms with E-state index in [0.29, 0.717) is 11.3 Å². The van der Waals surface area contributed by atoms with E-state index in [1.54, 1.807) is 6.08 Å². The van der Waals surface area contributed by atoms with Gasteiger partial charge in [0.1, 0.15) is 5.82 Å². The van der Waals surface area contributed by atoms with E-state index < -0.39 is 21.6 Å². The van der Waals surface area contributed by atoms with Crippen LogP contribution in [0, 0.1) is 11.7 Å². The largest absolute Gasteiger partial charge is 0.481 e. The number of aliphatic carboxylic acids is 1. The quantitative estimate of drug-likeness (QED) is 0.831. The summed E-state index contributed by atoms with van der Waals surface area (Å²) in [6.45, 7) is 0. The molecule has 0 spiro atoms. The zero-order valence-electron chi connectivity index (χ0n) is 11.2. The molecule has 112 valence electrons. The number of sulfone groups is 1. The number of carboxylic acid groups (broad SMARTS) is 1. The minimum Gasteiger partial charge on any atom is -0.481 e. The lowest BCUT2D eigenvalue weighted by molar-refractivity contribution is -0.137. The Labute approximate surface area is 121 Å². The minimum atomic E-state index is -3.57. The first kappa shape index (κ1) is 14.1. The lowest BCUT2D eigenvalue weighted by atomic mass is 9.92. The van der Waals surface area contributed by atoms with E-state index in [9.17, 15) is 17.6 Å². The summed E-state index contributed by atoms with van der Waals surface area (Å²) in [4.78, 5) is 10.8. The molecule has 2 N–H and O–H groups in total. The molecule has 0 aromatic heterocycles. The van der Waals surface area contributed by atoms with Crippen molar-refractivity contribution in [3.05, 3.63) is 35.7 Å². The van der Waals surface area contributed by atoms with Gasteiger partial charge in [-0.15, -0.1) is 0 Å². The van der Waals surface area contributed by atoms with Crippen LogP contribution in [0.5, 0.6) is 0 Å². The highest BCUT2D eigenvalue weighted by atomic mass is 32.2. The topological polar surface area (TPSA) is 83.5 Å². The molecule has 1 aliphatic carbocycles. The van der Waals surface area contributed by atoms with Crippen molar-refractivity contribution in [2.75, 3.05) is 11.6 Å². The maximum Gasteiger partial charge on any atom is 0.304 e. The number of carboxylic acids is 1. The van der Waals surface area contributed by atoms with Gasteiger partial charge >= 0.3 is 5.97 Å². The lowest BCUT2D eigenvalue weighted by Gasteiger charge is -2.18. The van der Waals surface area contributed by atoms with Crippen molar-refractivity contribution in [2.45, 2.75) is 23.3 Å². The molecule has 2 aliphatic rings. The smallest absolute Gasteiger partial charge is 0.304 e. The molecule has 1 aromatic carbocycles. The standard InChI is InChI=1S/C14H14FNO4S/c1-21(19,20)11-6-8(15)5-10-9-3-2-7(4-12(17)18)13(9)16-14(10)11/h2-3,5-7,9,13,16H,4H2,1H3,(H,17,18)/t7-,9+,13+/m1/s1. The van der Waals surface area contributed by atoms with Crippen molar-refractivity contribution in [3.63, 3.8) is 0 Å². The second-order valence-electron chi connectivity index (χ2n) is 5.48. The molecule has 0 saturated heterocycles. The fourth-order valence-corrected chi connectivity index (χ4v) is 4.01. The van der Waals surface area contributed by atoms with Crippen LogP contribution >= 0.6 is 0 Å². The minimum absolute atomic E-state index is 0.0463. The van der Waals surface area contributed by atoms with Gasteiger partial charge in [-0.25, -0.2) is 12.8 Å². The molecule has 5 nitrogen and oxygen atoms in total. The Bertz CT molecular complexity index is 756. The Morgan fingerprint density at radius 3 is 2.71 bits per heavy atom. The van der Waals surface area contributed by atoms with Gasteiger partial charge in [0.25, 0.3) is 0 Å². The molecule has 1 heterocycles. The third-order valence-corrected chi connectivity index (χ3v) is 5.11. The third-order valence-electron chi connectivity index (χ3n) is 3.99. The van der Waals surface area contributed by atoms with Gasteiger partial charge in [0, 0.05) is 24.1 Å². The third kappa shape index (κ3) is 2.31. The van der Waals surface area contributed by atoms with Crippen LogP contribution in [-0.2, 0) is 14.6 Å². The average Bonchev–Trinajstić information content (AvgIpc) is 2.87. The zero-order chi connectivity index (χ0) is 15.4. The number of hydrogen-bond acceptors (Lipinski definition) is 4. The molecular formula is C14H14FNO4S. The number of hydrogen-bond donors (Lipinski definition) is 2. The summed E-state index contributed by atoms with van der Waals surface area (Å²) < 4.78 is 37.3. The van der Waals surface area contributed by atoms with Crippen LogP contribution in [-0.4, -0.2) is 31.8 Å². The molecule has 0 amide bonds. The van der Waals surface area contributed by atoms with Crippen LogP contribution < -0.4 is 5.32 Å². The predicted molar refractivity (Wildman–Crippen MR) is 74.5 cm³/mol. The number of anilines is 1.